The molecule has 0 aliphatic heterocycles. The molecule has 92 valence electrons. The molecule has 0 bridgehead atoms. The lowest BCUT2D eigenvalue weighted by atomic mass is 9.97. The maximum absolute atomic E-state index is 12.1. The molecule has 1 aromatic carbocycles. The number of ketones is 2. The minimum absolute atomic E-state index is 0.0438. The second-order valence-electron chi connectivity index (χ2n) is 4.37. The number of hydrogen-bond acceptors (Lipinski definition) is 3. The lowest BCUT2D eigenvalue weighted by Crippen LogP contribution is -2.14. The molecule has 18 heavy (non-hydrogen) atoms. The number of carbonyl (C=O) groups is 2. The van der Waals surface area contributed by atoms with Crippen LogP contribution in [0.1, 0.15) is 19.4 Å². The van der Waals surface area contributed by atoms with Crippen LogP contribution in [-0.2, 0) is 9.59 Å². The number of Topliss-reactive ketones (excluding diaryl/α,β-unsaturated/α-hetero) is 1. The van der Waals surface area contributed by atoms with E-state index in [4.69, 9.17) is 0 Å². The lowest BCUT2D eigenvalue weighted by Gasteiger charge is -2.13. The number of allylic oxidation sites excluding steroid dienone is 4. The van der Waals surface area contributed by atoms with E-state index in [9.17, 15) is 9.59 Å². The Kier molecular flexibility index (Phi) is 3.53. The summed E-state index contributed by atoms with van der Waals surface area (Å²) in [6, 6.07) is 7.90. The molecule has 2 rings (SSSR count). The molecule has 1 aromatic rings. The van der Waals surface area contributed by atoms with Gasteiger partial charge < -0.3 is 0 Å². The van der Waals surface area contributed by atoms with Crippen molar-refractivity contribution in [2.45, 2.75) is 25.7 Å². The van der Waals surface area contributed by atoms with Crippen molar-refractivity contribution in [3.05, 3.63) is 52.0 Å². The van der Waals surface area contributed by atoms with Crippen LogP contribution in [-0.4, -0.2) is 11.6 Å². The molecule has 0 spiro atoms. The number of aryl methyl sites for hydroxylation is 1. The first kappa shape index (κ1) is 12.8. The Morgan fingerprint density at radius 1 is 0.889 bits per heavy atom. The van der Waals surface area contributed by atoms with Gasteiger partial charge in [0.15, 0.2) is 11.6 Å². The Hall–Kier alpha value is -1.61. The maximum Gasteiger partial charge on any atom is 0.195 e. The fourth-order valence-corrected chi connectivity index (χ4v) is 2.58. The number of hydrogen-bond donors (Lipinski definition) is 0. The van der Waals surface area contributed by atoms with E-state index in [1.807, 2.05) is 31.2 Å². The third kappa shape index (κ3) is 2.46. The van der Waals surface area contributed by atoms with Crippen molar-refractivity contribution in [1.82, 2.24) is 0 Å². The van der Waals surface area contributed by atoms with Crippen LogP contribution in [0.2, 0.25) is 0 Å². The first-order valence-corrected chi connectivity index (χ1v) is 6.53. The molecule has 2 nitrogen and oxygen atoms in total. The number of rotatable bonds is 2. The molecule has 0 unspecified atom stereocenters. The lowest BCUT2D eigenvalue weighted by molar-refractivity contribution is -0.115. The Labute approximate surface area is 111 Å². The van der Waals surface area contributed by atoms with Crippen LogP contribution in [0, 0.1) is 6.92 Å². The molecule has 0 saturated heterocycles. The van der Waals surface area contributed by atoms with E-state index in [1.54, 1.807) is 13.8 Å². The molecule has 1 aliphatic carbocycles. The minimum atomic E-state index is -0.0679. The first-order valence-electron chi connectivity index (χ1n) is 5.72. The van der Waals surface area contributed by atoms with Crippen LogP contribution in [0.4, 0.5) is 0 Å². The van der Waals surface area contributed by atoms with Crippen molar-refractivity contribution in [2.75, 3.05) is 0 Å². The number of benzene rings is 1. The molecule has 0 heterocycles. The third-order valence-corrected chi connectivity index (χ3v) is 4.04. The van der Waals surface area contributed by atoms with E-state index in [-0.39, 0.29) is 11.6 Å². The standard InChI is InChI=1S/C15H14O2S/c1-9-4-6-12(7-5-9)18-14-8-13(16)10(2)11(3)15(14)17/h4-8H,1-3H3. The van der Waals surface area contributed by atoms with Gasteiger partial charge in [0.1, 0.15) is 0 Å². The van der Waals surface area contributed by atoms with Gasteiger partial charge in [-0.3, -0.25) is 9.59 Å². The molecular formula is C15H14O2S. The highest BCUT2D eigenvalue weighted by molar-refractivity contribution is 8.04. The average Bonchev–Trinajstić information content (AvgIpc) is 2.36. The van der Waals surface area contributed by atoms with Crippen molar-refractivity contribution in [3.63, 3.8) is 0 Å². The highest BCUT2D eigenvalue weighted by Gasteiger charge is 2.23. The van der Waals surface area contributed by atoms with Crippen molar-refractivity contribution in [1.29, 1.82) is 0 Å². The summed E-state index contributed by atoms with van der Waals surface area (Å²) >= 11 is 1.35. The largest absolute Gasteiger partial charge is 0.290 e. The zero-order valence-corrected chi connectivity index (χ0v) is 11.4. The SMILES string of the molecule is CC1=C(C)C(=O)C(Sc2ccc(C)cc2)=CC1=O. The van der Waals surface area contributed by atoms with Gasteiger partial charge in [-0.1, -0.05) is 29.5 Å². The summed E-state index contributed by atoms with van der Waals surface area (Å²) in [6.45, 7) is 5.41. The van der Waals surface area contributed by atoms with Crippen LogP contribution in [0.5, 0.6) is 0 Å². The summed E-state index contributed by atoms with van der Waals surface area (Å²) < 4.78 is 0. The second kappa shape index (κ2) is 4.94. The van der Waals surface area contributed by atoms with E-state index in [2.05, 4.69) is 0 Å². The van der Waals surface area contributed by atoms with Gasteiger partial charge in [-0.15, -0.1) is 0 Å². The van der Waals surface area contributed by atoms with Crippen molar-refractivity contribution in [3.8, 4) is 0 Å². The predicted octanol–water partition coefficient (Wildman–Crippen LogP) is 3.46. The van der Waals surface area contributed by atoms with Gasteiger partial charge in [-0.25, -0.2) is 0 Å². The van der Waals surface area contributed by atoms with Crippen molar-refractivity contribution >= 4 is 23.3 Å². The van der Waals surface area contributed by atoms with Gasteiger partial charge >= 0.3 is 0 Å². The third-order valence-electron chi connectivity index (χ3n) is 3.01. The molecule has 3 heteroatoms. The highest BCUT2D eigenvalue weighted by Crippen LogP contribution is 2.32. The normalized spacial score (nSPS) is 16.1. The first-order chi connectivity index (χ1) is 8.49. The summed E-state index contributed by atoms with van der Waals surface area (Å²) in [5.41, 5.74) is 2.27. The molecule has 1 aliphatic rings. The van der Waals surface area contributed by atoms with Gasteiger partial charge in [-0.05, 0) is 32.9 Å². The number of thioether (sulfide) groups is 1. The quantitative estimate of drug-likeness (QED) is 0.762. The molecule has 0 aromatic heterocycles. The van der Waals surface area contributed by atoms with E-state index in [1.165, 1.54) is 23.4 Å². The van der Waals surface area contributed by atoms with Crippen molar-refractivity contribution < 1.29 is 9.59 Å². The van der Waals surface area contributed by atoms with Gasteiger partial charge in [0.2, 0.25) is 0 Å². The zero-order chi connectivity index (χ0) is 13.3. The summed E-state index contributed by atoms with van der Waals surface area (Å²) in [5.74, 6) is -0.112. The highest BCUT2D eigenvalue weighted by atomic mass is 32.2. The maximum atomic E-state index is 12.1. The second-order valence-corrected chi connectivity index (χ2v) is 5.48. The Morgan fingerprint density at radius 3 is 2.11 bits per heavy atom. The van der Waals surface area contributed by atoms with Crippen molar-refractivity contribution in [2.24, 2.45) is 0 Å². The molecule has 0 amide bonds. The molecule has 0 fully saturated rings. The van der Waals surface area contributed by atoms with Crippen LogP contribution >= 0.6 is 11.8 Å². The van der Waals surface area contributed by atoms with Crippen LogP contribution in [0.15, 0.2) is 51.3 Å². The fraction of sp³-hybridized carbons (Fsp3) is 0.200. The molecule has 0 N–H and O–H groups in total. The topological polar surface area (TPSA) is 34.1 Å². The predicted molar refractivity (Wildman–Crippen MR) is 73.5 cm³/mol. The Morgan fingerprint density at radius 2 is 1.50 bits per heavy atom. The van der Waals surface area contributed by atoms with E-state index >= 15 is 0 Å². The van der Waals surface area contributed by atoms with E-state index < -0.39 is 0 Å². The minimum Gasteiger partial charge on any atom is -0.290 e. The van der Waals surface area contributed by atoms with Gasteiger partial charge in [0.25, 0.3) is 0 Å². The Balaban J connectivity index is 2.26. The molecule has 0 atom stereocenters. The van der Waals surface area contributed by atoms with Gasteiger partial charge in [0, 0.05) is 22.1 Å². The summed E-state index contributed by atoms with van der Waals surface area (Å²) in [5, 5.41) is 0. The molecular weight excluding hydrogens is 244 g/mol. The monoisotopic (exact) mass is 258 g/mol. The number of carbonyl (C=O) groups excluding carboxylic acids is 2. The Bertz CT molecular complexity index is 577. The molecule has 0 radical (unpaired) electrons. The summed E-state index contributed by atoms with van der Waals surface area (Å²) in [4.78, 5) is 25.2. The average molecular weight is 258 g/mol. The summed E-state index contributed by atoms with van der Waals surface area (Å²) in [6.07, 6.45) is 1.44. The van der Waals surface area contributed by atoms with Crippen LogP contribution in [0.25, 0.3) is 0 Å². The van der Waals surface area contributed by atoms with Gasteiger partial charge in [0.05, 0.1) is 4.91 Å². The summed E-state index contributed by atoms with van der Waals surface area (Å²) in [7, 11) is 0. The smallest absolute Gasteiger partial charge is 0.195 e. The fourth-order valence-electron chi connectivity index (χ4n) is 1.64. The molecule has 0 saturated carbocycles. The van der Waals surface area contributed by atoms with E-state index in [0.29, 0.717) is 16.1 Å². The van der Waals surface area contributed by atoms with E-state index in [0.717, 1.165) is 4.90 Å². The van der Waals surface area contributed by atoms with Crippen LogP contribution in [0.3, 0.4) is 0 Å². The van der Waals surface area contributed by atoms with Crippen LogP contribution < -0.4 is 0 Å². The van der Waals surface area contributed by atoms with Gasteiger partial charge in [-0.2, -0.15) is 0 Å². The zero-order valence-electron chi connectivity index (χ0n) is 10.6.